The van der Waals surface area contributed by atoms with Gasteiger partial charge in [-0.2, -0.15) is 0 Å². The second-order valence-corrected chi connectivity index (χ2v) is 4.12. The first-order chi connectivity index (χ1) is 8.86. The number of hydrogen-bond acceptors (Lipinski definition) is 3. The van der Waals surface area contributed by atoms with Gasteiger partial charge in [-0.15, -0.1) is 0 Å². The van der Waals surface area contributed by atoms with E-state index in [1.165, 1.54) is 5.56 Å². The molecule has 0 aliphatic rings. The molecule has 18 heavy (non-hydrogen) atoms. The van der Waals surface area contributed by atoms with Crippen LogP contribution in [0.2, 0.25) is 0 Å². The minimum Gasteiger partial charge on any atom is -0.492 e. The second-order valence-electron chi connectivity index (χ2n) is 4.12. The maximum Gasteiger partial charge on any atom is 0.119 e. The Morgan fingerprint density at radius 1 is 1.17 bits per heavy atom. The first-order valence-corrected chi connectivity index (χ1v) is 6.17. The molecule has 0 spiro atoms. The molecule has 1 atom stereocenters. The summed E-state index contributed by atoms with van der Waals surface area (Å²) >= 11 is 0. The lowest BCUT2D eigenvalue weighted by molar-refractivity contribution is 0.307. The maximum absolute atomic E-state index is 5.61. The molecule has 1 N–H and O–H groups in total. The molecule has 2 aromatic rings. The van der Waals surface area contributed by atoms with E-state index in [4.69, 9.17) is 4.74 Å². The van der Waals surface area contributed by atoms with Crippen LogP contribution in [-0.4, -0.2) is 18.1 Å². The van der Waals surface area contributed by atoms with E-state index in [1.807, 2.05) is 42.6 Å². The largest absolute Gasteiger partial charge is 0.492 e. The summed E-state index contributed by atoms with van der Waals surface area (Å²) in [6.07, 6.45) is 3.67. The molecule has 0 amide bonds. The third kappa shape index (κ3) is 3.86. The summed E-state index contributed by atoms with van der Waals surface area (Å²) in [5, 5.41) is 3.40. The summed E-state index contributed by atoms with van der Waals surface area (Å²) in [6, 6.07) is 14.2. The Morgan fingerprint density at radius 2 is 2.00 bits per heavy atom. The monoisotopic (exact) mass is 242 g/mol. The number of nitrogens with zero attached hydrogens (tertiary/aromatic N) is 1. The predicted molar refractivity (Wildman–Crippen MR) is 72.6 cm³/mol. The minimum atomic E-state index is 0.290. The van der Waals surface area contributed by atoms with Gasteiger partial charge >= 0.3 is 0 Å². The van der Waals surface area contributed by atoms with Crippen LogP contribution in [-0.2, 0) is 0 Å². The smallest absolute Gasteiger partial charge is 0.119 e. The van der Waals surface area contributed by atoms with E-state index in [-0.39, 0.29) is 6.04 Å². The highest BCUT2D eigenvalue weighted by Gasteiger charge is 2.03. The van der Waals surface area contributed by atoms with Crippen molar-refractivity contribution in [1.82, 2.24) is 10.3 Å². The zero-order chi connectivity index (χ0) is 12.6. The van der Waals surface area contributed by atoms with E-state index in [0.29, 0.717) is 6.61 Å². The van der Waals surface area contributed by atoms with Crippen LogP contribution in [0.5, 0.6) is 5.75 Å². The first kappa shape index (κ1) is 12.6. The molecule has 3 heteroatoms. The summed E-state index contributed by atoms with van der Waals surface area (Å²) in [7, 11) is 0. The highest BCUT2D eigenvalue weighted by atomic mass is 16.5. The van der Waals surface area contributed by atoms with Crippen molar-refractivity contribution in [2.24, 2.45) is 0 Å². The van der Waals surface area contributed by atoms with Gasteiger partial charge in [-0.05, 0) is 30.7 Å². The molecule has 0 bridgehead atoms. The molecule has 0 aliphatic heterocycles. The van der Waals surface area contributed by atoms with Crippen molar-refractivity contribution in [3.8, 4) is 5.75 Å². The van der Waals surface area contributed by atoms with Crippen molar-refractivity contribution < 1.29 is 4.74 Å². The van der Waals surface area contributed by atoms with Gasteiger partial charge in [0.05, 0.1) is 0 Å². The molecule has 94 valence electrons. The van der Waals surface area contributed by atoms with Gasteiger partial charge in [0.1, 0.15) is 12.4 Å². The molecule has 0 saturated heterocycles. The van der Waals surface area contributed by atoms with Gasteiger partial charge in [-0.25, -0.2) is 0 Å². The molecule has 3 nitrogen and oxygen atoms in total. The molecule has 0 aliphatic carbocycles. The third-order valence-corrected chi connectivity index (χ3v) is 2.75. The van der Waals surface area contributed by atoms with Gasteiger partial charge in [0.2, 0.25) is 0 Å². The lowest BCUT2D eigenvalue weighted by Gasteiger charge is -2.14. The van der Waals surface area contributed by atoms with Crippen LogP contribution in [0.4, 0.5) is 0 Å². The van der Waals surface area contributed by atoms with Crippen LogP contribution in [0.1, 0.15) is 18.5 Å². The Balaban J connectivity index is 1.70. The zero-order valence-corrected chi connectivity index (χ0v) is 10.5. The van der Waals surface area contributed by atoms with Gasteiger partial charge in [-0.1, -0.05) is 24.3 Å². The van der Waals surface area contributed by atoms with Crippen LogP contribution in [0.3, 0.4) is 0 Å². The summed E-state index contributed by atoms with van der Waals surface area (Å²) in [5.41, 5.74) is 1.19. The van der Waals surface area contributed by atoms with E-state index in [1.54, 1.807) is 6.20 Å². The molecule has 0 saturated carbocycles. The molecule has 2 rings (SSSR count). The highest BCUT2D eigenvalue weighted by Crippen LogP contribution is 2.10. The van der Waals surface area contributed by atoms with E-state index in [2.05, 4.69) is 23.3 Å². The van der Waals surface area contributed by atoms with Crippen LogP contribution in [0.25, 0.3) is 0 Å². The number of ether oxygens (including phenoxy) is 1. The Bertz CT molecular complexity index is 445. The molecule has 1 unspecified atom stereocenters. The topological polar surface area (TPSA) is 34.1 Å². The normalized spacial score (nSPS) is 12.1. The number of rotatable bonds is 6. The van der Waals surface area contributed by atoms with E-state index in [0.717, 1.165) is 12.3 Å². The summed E-state index contributed by atoms with van der Waals surface area (Å²) in [6.45, 7) is 3.60. The Labute approximate surface area is 108 Å². The van der Waals surface area contributed by atoms with Crippen LogP contribution in [0, 0.1) is 0 Å². The Kier molecular flexibility index (Phi) is 4.73. The quantitative estimate of drug-likeness (QED) is 0.791. The number of pyridine rings is 1. The summed E-state index contributed by atoms with van der Waals surface area (Å²) < 4.78 is 5.61. The van der Waals surface area contributed by atoms with Crippen LogP contribution >= 0.6 is 0 Å². The maximum atomic E-state index is 5.61. The van der Waals surface area contributed by atoms with E-state index in [9.17, 15) is 0 Å². The molecule has 1 aromatic carbocycles. The molecular formula is C15H18N2O. The van der Waals surface area contributed by atoms with Crippen LogP contribution < -0.4 is 10.1 Å². The van der Waals surface area contributed by atoms with Crippen molar-refractivity contribution >= 4 is 0 Å². The number of nitrogens with one attached hydrogen (secondary N) is 1. The minimum absolute atomic E-state index is 0.290. The lowest BCUT2D eigenvalue weighted by atomic mass is 10.1. The van der Waals surface area contributed by atoms with Crippen molar-refractivity contribution in [1.29, 1.82) is 0 Å². The van der Waals surface area contributed by atoms with E-state index < -0.39 is 0 Å². The molecule has 0 fully saturated rings. The standard InChI is InChI=1S/C15H18N2O/c1-13(14-6-5-9-16-12-14)17-10-11-18-15-7-3-2-4-8-15/h2-9,12-13,17H,10-11H2,1H3. The Morgan fingerprint density at radius 3 is 2.72 bits per heavy atom. The van der Waals surface area contributed by atoms with Crippen molar-refractivity contribution in [3.63, 3.8) is 0 Å². The summed E-state index contributed by atoms with van der Waals surface area (Å²) in [4.78, 5) is 4.11. The van der Waals surface area contributed by atoms with Gasteiger partial charge in [0.15, 0.2) is 0 Å². The SMILES string of the molecule is CC(NCCOc1ccccc1)c1cccnc1. The molecular weight excluding hydrogens is 224 g/mol. The molecule has 1 heterocycles. The van der Waals surface area contributed by atoms with Gasteiger partial charge in [0.25, 0.3) is 0 Å². The van der Waals surface area contributed by atoms with Crippen molar-refractivity contribution in [3.05, 3.63) is 60.4 Å². The fourth-order valence-corrected chi connectivity index (χ4v) is 1.71. The van der Waals surface area contributed by atoms with E-state index >= 15 is 0 Å². The van der Waals surface area contributed by atoms with Crippen molar-refractivity contribution in [2.75, 3.05) is 13.2 Å². The highest BCUT2D eigenvalue weighted by molar-refractivity contribution is 5.20. The predicted octanol–water partition coefficient (Wildman–Crippen LogP) is 2.81. The van der Waals surface area contributed by atoms with Gasteiger partial charge in [0, 0.05) is 25.0 Å². The average molecular weight is 242 g/mol. The average Bonchev–Trinajstić information content (AvgIpc) is 2.45. The third-order valence-electron chi connectivity index (χ3n) is 2.75. The Hall–Kier alpha value is -1.87. The molecule has 1 aromatic heterocycles. The number of aromatic nitrogens is 1. The van der Waals surface area contributed by atoms with Crippen molar-refractivity contribution in [2.45, 2.75) is 13.0 Å². The lowest BCUT2D eigenvalue weighted by Crippen LogP contribution is -2.24. The zero-order valence-electron chi connectivity index (χ0n) is 10.5. The second kappa shape index (κ2) is 6.77. The first-order valence-electron chi connectivity index (χ1n) is 6.17. The molecule has 0 radical (unpaired) electrons. The van der Waals surface area contributed by atoms with Gasteiger partial charge < -0.3 is 10.1 Å². The number of benzene rings is 1. The fraction of sp³-hybridized carbons (Fsp3) is 0.267. The van der Waals surface area contributed by atoms with Crippen LogP contribution in [0.15, 0.2) is 54.9 Å². The summed E-state index contributed by atoms with van der Waals surface area (Å²) in [5.74, 6) is 0.910. The fourth-order valence-electron chi connectivity index (χ4n) is 1.71. The number of hydrogen-bond donors (Lipinski definition) is 1. The van der Waals surface area contributed by atoms with Gasteiger partial charge in [-0.3, -0.25) is 4.98 Å². The number of para-hydroxylation sites is 1.